The Hall–Kier alpha value is -3.34. The van der Waals surface area contributed by atoms with E-state index in [9.17, 15) is 14.7 Å². The zero-order chi connectivity index (χ0) is 21.4. The minimum Gasteiger partial charge on any atom is -0.477 e. The Morgan fingerprint density at radius 1 is 1.47 bits per heavy atom. The molecular formula is C19H21N7O3S. The average Bonchev–Trinajstić information content (AvgIpc) is 3.18. The van der Waals surface area contributed by atoms with Crippen molar-refractivity contribution in [3.8, 4) is 0 Å². The van der Waals surface area contributed by atoms with E-state index in [1.54, 1.807) is 17.7 Å². The Kier molecular flexibility index (Phi) is 5.20. The standard InChI is InChI=1S/C19H21N7O3S/c1-11-6-15(24-7-13(8-24)26-5-3-4-21-26)23-18-16(11)17(27)14(19(28)29)9-25(18)12(2)30-22-10-20/h3-6,9-10,12-13H,7-8H2,1-2H3,(H2,20,22)(H,28,29). The third-order valence-electron chi connectivity index (χ3n) is 5.15. The molecule has 30 heavy (non-hydrogen) atoms. The molecular weight excluding hydrogens is 406 g/mol. The third-order valence-corrected chi connectivity index (χ3v) is 5.93. The van der Waals surface area contributed by atoms with Gasteiger partial charge >= 0.3 is 5.97 Å². The summed E-state index contributed by atoms with van der Waals surface area (Å²) in [5, 5.41) is 13.8. The van der Waals surface area contributed by atoms with Crippen molar-refractivity contribution in [3.63, 3.8) is 0 Å². The Morgan fingerprint density at radius 3 is 2.87 bits per heavy atom. The fourth-order valence-electron chi connectivity index (χ4n) is 3.57. The van der Waals surface area contributed by atoms with Gasteiger partial charge in [-0.2, -0.15) is 5.10 Å². The van der Waals surface area contributed by atoms with E-state index in [0.717, 1.165) is 30.9 Å². The van der Waals surface area contributed by atoms with E-state index in [-0.39, 0.29) is 17.0 Å². The highest BCUT2D eigenvalue weighted by Crippen LogP contribution is 2.31. The second-order valence-corrected chi connectivity index (χ2v) is 8.19. The van der Waals surface area contributed by atoms with Crippen molar-refractivity contribution >= 4 is 41.1 Å². The van der Waals surface area contributed by atoms with Crippen LogP contribution in [0, 0.1) is 6.92 Å². The topological polar surface area (TPSA) is 132 Å². The molecule has 0 saturated carbocycles. The van der Waals surface area contributed by atoms with Crippen LogP contribution in [0.3, 0.4) is 0 Å². The van der Waals surface area contributed by atoms with Crippen molar-refractivity contribution in [2.75, 3.05) is 18.0 Å². The molecule has 3 aromatic heterocycles. The summed E-state index contributed by atoms with van der Waals surface area (Å²) in [6.45, 7) is 5.14. The van der Waals surface area contributed by atoms with Crippen LogP contribution < -0.4 is 16.1 Å². The maximum atomic E-state index is 12.8. The molecule has 4 heterocycles. The summed E-state index contributed by atoms with van der Waals surface area (Å²) in [7, 11) is 0. The van der Waals surface area contributed by atoms with Crippen LogP contribution in [0.1, 0.15) is 34.3 Å². The number of fused-ring (bicyclic) bond motifs is 1. The maximum Gasteiger partial charge on any atom is 0.341 e. The lowest BCUT2D eigenvalue weighted by Gasteiger charge is -2.40. The van der Waals surface area contributed by atoms with E-state index in [1.807, 2.05) is 29.9 Å². The quantitative estimate of drug-likeness (QED) is 0.346. The van der Waals surface area contributed by atoms with E-state index in [2.05, 4.69) is 14.4 Å². The minimum absolute atomic E-state index is 0.266. The molecule has 0 radical (unpaired) electrons. The van der Waals surface area contributed by atoms with Gasteiger partial charge in [0.05, 0.1) is 23.1 Å². The maximum absolute atomic E-state index is 12.8. The Morgan fingerprint density at radius 2 is 2.23 bits per heavy atom. The van der Waals surface area contributed by atoms with Gasteiger partial charge in [-0.3, -0.25) is 9.48 Å². The van der Waals surface area contributed by atoms with Crippen molar-refractivity contribution < 1.29 is 9.90 Å². The van der Waals surface area contributed by atoms with Crippen molar-refractivity contribution in [1.82, 2.24) is 19.3 Å². The minimum atomic E-state index is -1.27. The van der Waals surface area contributed by atoms with E-state index < -0.39 is 11.4 Å². The number of aromatic nitrogens is 4. The van der Waals surface area contributed by atoms with Crippen LogP contribution in [0.5, 0.6) is 0 Å². The van der Waals surface area contributed by atoms with Gasteiger partial charge in [-0.15, -0.1) is 0 Å². The number of pyridine rings is 2. The smallest absolute Gasteiger partial charge is 0.341 e. The van der Waals surface area contributed by atoms with E-state index >= 15 is 0 Å². The Balaban J connectivity index is 1.79. The van der Waals surface area contributed by atoms with Crippen LogP contribution in [0.4, 0.5) is 5.82 Å². The first-order valence-corrected chi connectivity index (χ1v) is 10.2. The molecule has 4 rings (SSSR count). The van der Waals surface area contributed by atoms with Gasteiger partial charge in [-0.05, 0) is 31.5 Å². The zero-order valence-electron chi connectivity index (χ0n) is 16.5. The van der Waals surface area contributed by atoms with Crippen LogP contribution in [0.15, 0.2) is 39.9 Å². The third kappa shape index (κ3) is 3.41. The van der Waals surface area contributed by atoms with Crippen LogP contribution >= 0.6 is 11.9 Å². The summed E-state index contributed by atoms with van der Waals surface area (Å²) in [4.78, 5) is 31.3. The predicted molar refractivity (Wildman–Crippen MR) is 116 cm³/mol. The number of anilines is 1. The first kappa shape index (κ1) is 20.0. The summed E-state index contributed by atoms with van der Waals surface area (Å²) in [5.74, 6) is -0.539. The molecule has 10 nitrogen and oxygen atoms in total. The highest BCUT2D eigenvalue weighted by Gasteiger charge is 2.30. The number of aromatic carboxylic acids is 1. The lowest BCUT2D eigenvalue weighted by atomic mass is 10.1. The lowest BCUT2D eigenvalue weighted by Crippen LogP contribution is -2.48. The first-order valence-electron chi connectivity index (χ1n) is 9.34. The number of carboxylic acid groups (broad SMARTS) is 1. The molecule has 1 unspecified atom stereocenters. The molecule has 1 aliphatic rings. The van der Waals surface area contributed by atoms with Crippen LogP contribution in [0.2, 0.25) is 0 Å². The number of carboxylic acids is 1. The second-order valence-electron chi connectivity index (χ2n) is 7.08. The lowest BCUT2D eigenvalue weighted by molar-refractivity contribution is 0.0695. The number of hydrogen-bond donors (Lipinski definition) is 2. The molecule has 0 spiro atoms. The molecule has 156 valence electrons. The highest BCUT2D eigenvalue weighted by molar-refractivity contribution is 7.98. The molecule has 1 aliphatic heterocycles. The second kappa shape index (κ2) is 7.82. The molecule has 0 aliphatic carbocycles. The van der Waals surface area contributed by atoms with Crippen molar-refractivity contribution in [3.05, 3.63) is 52.1 Å². The normalized spacial score (nSPS) is 15.6. The summed E-state index contributed by atoms with van der Waals surface area (Å²) in [6, 6.07) is 3.99. The number of nitrogens with zero attached hydrogens (tertiary/aromatic N) is 6. The number of hydrogen-bond acceptors (Lipinski definition) is 7. The van der Waals surface area contributed by atoms with Gasteiger partial charge in [0.15, 0.2) is 0 Å². The van der Waals surface area contributed by atoms with Crippen LogP contribution in [-0.4, -0.2) is 49.8 Å². The number of rotatable bonds is 6. The van der Waals surface area contributed by atoms with Gasteiger partial charge in [-0.25, -0.2) is 14.2 Å². The fourth-order valence-corrected chi connectivity index (χ4v) is 4.08. The number of nitrogens with two attached hydrogens (primary N) is 1. The molecule has 3 N–H and O–H groups in total. The van der Waals surface area contributed by atoms with Crippen LogP contribution in [0.25, 0.3) is 11.0 Å². The summed E-state index contributed by atoms with van der Waals surface area (Å²) >= 11 is 1.16. The Labute approximate surface area is 176 Å². The molecule has 1 atom stereocenters. The van der Waals surface area contributed by atoms with Gasteiger partial charge in [0, 0.05) is 43.6 Å². The molecule has 3 aromatic rings. The SMILES string of the molecule is Cc1cc(N2CC(n3cccn3)C2)nc2c1c(=O)c(C(=O)O)cn2C(C)S/N=C\N. The summed E-state index contributed by atoms with van der Waals surface area (Å²) < 4.78 is 7.56. The van der Waals surface area contributed by atoms with Gasteiger partial charge in [0.2, 0.25) is 5.43 Å². The molecule has 0 aromatic carbocycles. The summed E-state index contributed by atoms with van der Waals surface area (Å²) in [5.41, 5.74) is 5.61. The summed E-state index contributed by atoms with van der Waals surface area (Å²) in [6.07, 6.45) is 6.19. The zero-order valence-corrected chi connectivity index (χ0v) is 17.3. The highest BCUT2D eigenvalue weighted by atomic mass is 32.2. The first-order chi connectivity index (χ1) is 14.4. The average molecular weight is 427 g/mol. The predicted octanol–water partition coefficient (Wildman–Crippen LogP) is 1.81. The molecule has 11 heteroatoms. The van der Waals surface area contributed by atoms with E-state index in [4.69, 9.17) is 10.7 Å². The van der Waals surface area contributed by atoms with Crippen molar-refractivity contribution in [2.24, 2.45) is 10.1 Å². The van der Waals surface area contributed by atoms with Gasteiger partial charge in [-0.1, -0.05) is 0 Å². The van der Waals surface area contributed by atoms with Gasteiger partial charge in [0.25, 0.3) is 0 Å². The number of aryl methyl sites for hydroxylation is 1. The molecule has 1 saturated heterocycles. The fraction of sp³-hybridized carbons (Fsp3) is 0.316. The largest absolute Gasteiger partial charge is 0.477 e. The molecule has 1 fully saturated rings. The van der Waals surface area contributed by atoms with Gasteiger partial charge in [0.1, 0.15) is 17.0 Å². The monoisotopic (exact) mass is 427 g/mol. The van der Waals surface area contributed by atoms with Crippen molar-refractivity contribution in [2.45, 2.75) is 25.3 Å². The molecule has 0 bridgehead atoms. The molecule has 0 amide bonds. The number of carbonyl (C=O) groups is 1. The van der Waals surface area contributed by atoms with E-state index in [0.29, 0.717) is 16.6 Å². The van der Waals surface area contributed by atoms with Crippen LogP contribution in [-0.2, 0) is 0 Å². The van der Waals surface area contributed by atoms with E-state index in [1.165, 1.54) is 12.5 Å². The Bertz CT molecular complexity index is 1180. The van der Waals surface area contributed by atoms with Gasteiger partial charge < -0.3 is 20.3 Å². The van der Waals surface area contributed by atoms with Crippen molar-refractivity contribution in [1.29, 1.82) is 0 Å².